The van der Waals surface area contributed by atoms with E-state index < -0.39 is 6.04 Å². The summed E-state index contributed by atoms with van der Waals surface area (Å²) >= 11 is 0. The van der Waals surface area contributed by atoms with Crippen molar-refractivity contribution in [3.63, 3.8) is 0 Å². The number of rotatable bonds is 4. The van der Waals surface area contributed by atoms with Crippen molar-refractivity contribution in [2.45, 2.75) is 26.8 Å². The monoisotopic (exact) mass is 403 g/mol. The maximum absolute atomic E-state index is 13.0. The van der Waals surface area contributed by atoms with Crippen LogP contribution in [0.1, 0.15) is 25.6 Å². The number of amides is 2. The molecule has 0 aliphatic rings. The molecule has 8 nitrogen and oxygen atoms in total. The Kier molecular flexibility index (Phi) is 4.83. The molecule has 152 valence electrons. The second kappa shape index (κ2) is 7.47. The number of hydrogen-bond donors (Lipinski definition) is 2. The van der Waals surface area contributed by atoms with Crippen LogP contribution in [0.15, 0.2) is 59.4 Å². The third kappa shape index (κ3) is 3.43. The van der Waals surface area contributed by atoms with E-state index in [0.717, 1.165) is 10.9 Å². The van der Waals surface area contributed by atoms with Gasteiger partial charge in [-0.1, -0.05) is 12.1 Å². The molecular weight excluding hydrogens is 382 g/mol. The van der Waals surface area contributed by atoms with Crippen molar-refractivity contribution >= 4 is 39.7 Å². The predicted molar refractivity (Wildman–Crippen MR) is 116 cm³/mol. The number of carbonyl (C=O) groups excluding carboxylic acids is 2. The standard InChI is InChI=1S/C22H21N5O3/c1-13-12-20(29)25-21-18-6-4-5-7-19(18)27(26(13)21)14(2)22(30)24-17-10-8-16(9-11-17)23-15(3)28/h4-12,14H,1-3H3,(H,23,28)(H,24,30)/t14-/m1/s1. The predicted octanol–water partition coefficient (Wildman–Crippen LogP) is 3.12. The summed E-state index contributed by atoms with van der Waals surface area (Å²) in [4.78, 5) is 40.3. The van der Waals surface area contributed by atoms with Gasteiger partial charge in [0.25, 0.3) is 5.56 Å². The van der Waals surface area contributed by atoms with Gasteiger partial charge in [0.05, 0.1) is 5.52 Å². The lowest BCUT2D eigenvalue weighted by Gasteiger charge is -2.18. The minimum absolute atomic E-state index is 0.158. The number of carbonyl (C=O) groups is 2. The number of nitrogens with one attached hydrogen (secondary N) is 2. The fraction of sp³-hybridized carbons (Fsp3) is 0.182. The lowest BCUT2D eigenvalue weighted by Crippen LogP contribution is -2.27. The Morgan fingerprint density at radius 3 is 2.30 bits per heavy atom. The van der Waals surface area contributed by atoms with Crippen LogP contribution in [0, 0.1) is 6.92 Å². The van der Waals surface area contributed by atoms with Crippen LogP contribution in [0.5, 0.6) is 0 Å². The highest BCUT2D eigenvalue weighted by Crippen LogP contribution is 2.25. The van der Waals surface area contributed by atoms with Gasteiger partial charge < -0.3 is 10.6 Å². The van der Waals surface area contributed by atoms with Gasteiger partial charge in [0.15, 0.2) is 5.65 Å². The first-order chi connectivity index (χ1) is 14.3. The summed E-state index contributed by atoms with van der Waals surface area (Å²) in [6.07, 6.45) is 0. The van der Waals surface area contributed by atoms with Gasteiger partial charge in [0.1, 0.15) is 6.04 Å². The zero-order valence-corrected chi connectivity index (χ0v) is 16.8. The zero-order valence-electron chi connectivity index (χ0n) is 16.8. The van der Waals surface area contributed by atoms with Crippen LogP contribution in [0.25, 0.3) is 16.6 Å². The highest BCUT2D eigenvalue weighted by Gasteiger charge is 2.22. The molecular formula is C22H21N5O3. The van der Waals surface area contributed by atoms with Gasteiger partial charge in [-0.3, -0.25) is 19.1 Å². The minimum Gasteiger partial charge on any atom is -0.326 e. The van der Waals surface area contributed by atoms with Crippen molar-refractivity contribution in [1.82, 2.24) is 14.2 Å². The van der Waals surface area contributed by atoms with E-state index in [-0.39, 0.29) is 17.4 Å². The van der Waals surface area contributed by atoms with Gasteiger partial charge >= 0.3 is 0 Å². The average Bonchev–Trinajstić information content (AvgIpc) is 3.03. The number of nitrogens with zero attached hydrogens (tertiary/aromatic N) is 3. The van der Waals surface area contributed by atoms with E-state index in [9.17, 15) is 14.4 Å². The molecule has 0 radical (unpaired) electrons. The zero-order chi connectivity index (χ0) is 21.4. The van der Waals surface area contributed by atoms with Gasteiger partial charge in [-0.25, -0.2) is 4.52 Å². The molecule has 4 aromatic rings. The van der Waals surface area contributed by atoms with Gasteiger partial charge in [0.2, 0.25) is 11.8 Å². The quantitative estimate of drug-likeness (QED) is 0.547. The molecule has 4 rings (SSSR count). The smallest absolute Gasteiger partial charge is 0.273 e. The second-order valence-corrected chi connectivity index (χ2v) is 7.16. The summed E-state index contributed by atoms with van der Waals surface area (Å²) in [5.74, 6) is -0.378. The van der Waals surface area contributed by atoms with E-state index >= 15 is 0 Å². The molecule has 2 heterocycles. The first kappa shape index (κ1) is 19.4. The number of aryl methyl sites for hydroxylation is 1. The third-order valence-corrected chi connectivity index (χ3v) is 4.91. The minimum atomic E-state index is -0.578. The number of para-hydroxylation sites is 1. The van der Waals surface area contributed by atoms with Crippen molar-refractivity contribution in [2.75, 3.05) is 10.6 Å². The summed E-state index contributed by atoms with van der Waals surface area (Å²) in [5.41, 5.74) is 2.98. The van der Waals surface area contributed by atoms with Gasteiger partial charge in [-0.15, -0.1) is 0 Å². The number of anilines is 2. The lowest BCUT2D eigenvalue weighted by molar-refractivity contribution is -0.119. The Balaban J connectivity index is 1.72. The third-order valence-electron chi connectivity index (χ3n) is 4.91. The Labute approximate surface area is 172 Å². The topological polar surface area (TPSA) is 97.5 Å². The Hall–Kier alpha value is -3.94. The van der Waals surface area contributed by atoms with Gasteiger partial charge in [-0.05, 0) is 50.2 Å². The maximum Gasteiger partial charge on any atom is 0.273 e. The van der Waals surface area contributed by atoms with E-state index in [0.29, 0.717) is 22.7 Å². The Bertz CT molecular complexity index is 1330. The molecule has 0 bridgehead atoms. The molecule has 0 saturated heterocycles. The Morgan fingerprint density at radius 1 is 1.00 bits per heavy atom. The van der Waals surface area contributed by atoms with E-state index in [2.05, 4.69) is 15.6 Å². The van der Waals surface area contributed by atoms with Crippen molar-refractivity contribution in [2.24, 2.45) is 0 Å². The molecule has 2 N–H and O–H groups in total. The van der Waals surface area contributed by atoms with Gasteiger partial charge in [0, 0.05) is 35.4 Å². The molecule has 8 heteroatoms. The van der Waals surface area contributed by atoms with Crippen molar-refractivity contribution < 1.29 is 9.59 Å². The molecule has 2 aromatic carbocycles. The molecule has 1 atom stereocenters. The molecule has 0 saturated carbocycles. The summed E-state index contributed by atoms with van der Waals surface area (Å²) in [6.45, 7) is 5.05. The van der Waals surface area contributed by atoms with E-state index in [1.54, 1.807) is 35.7 Å². The number of fused-ring (bicyclic) bond motifs is 3. The second-order valence-electron chi connectivity index (χ2n) is 7.16. The van der Waals surface area contributed by atoms with Crippen LogP contribution in [0.2, 0.25) is 0 Å². The number of benzene rings is 2. The fourth-order valence-corrected chi connectivity index (χ4v) is 3.59. The van der Waals surface area contributed by atoms with Crippen LogP contribution >= 0.6 is 0 Å². The van der Waals surface area contributed by atoms with Crippen LogP contribution in [-0.4, -0.2) is 26.0 Å². The maximum atomic E-state index is 13.0. The normalized spacial score (nSPS) is 12.1. The molecule has 0 spiro atoms. The fourth-order valence-electron chi connectivity index (χ4n) is 3.59. The SMILES string of the molecule is CC(=O)Nc1ccc(NC(=O)[C@@H](C)n2c3ccccc3c3nc(=O)cc(C)n32)cc1. The van der Waals surface area contributed by atoms with Crippen molar-refractivity contribution in [3.05, 3.63) is 70.6 Å². The van der Waals surface area contributed by atoms with Crippen LogP contribution < -0.4 is 16.2 Å². The van der Waals surface area contributed by atoms with Crippen LogP contribution in [-0.2, 0) is 9.59 Å². The van der Waals surface area contributed by atoms with E-state index in [4.69, 9.17) is 0 Å². The van der Waals surface area contributed by atoms with E-state index in [1.165, 1.54) is 13.0 Å². The molecule has 0 aliphatic heterocycles. The lowest BCUT2D eigenvalue weighted by atomic mass is 10.2. The Morgan fingerprint density at radius 2 is 1.63 bits per heavy atom. The van der Waals surface area contributed by atoms with Gasteiger partial charge in [-0.2, -0.15) is 4.98 Å². The summed E-state index contributed by atoms with van der Waals surface area (Å²) in [7, 11) is 0. The number of aromatic nitrogens is 3. The number of hydrogen-bond acceptors (Lipinski definition) is 4. The van der Waals surface area contributed by atoms with E-state index in [1.807, 2.05) is 35.9 Å². The summed E-state index contributed by atoms with van der Waals surface area (Å²) in [6, 6.07) is 15.3. The molecule has 2 aromatic heterocycles. The summed E-state index contributed by atoms with van der Waals surface area (Å²) < 4.78 is 3.64. The van der Waals surface area contributed by atoms with Crippen LogP contribution in [0.3, 0.4) is 0 Å². The first-order valence-corrected chi connectivity index (χ1v) is 9.53. The molecule has 0 aliphatic carbocycles. The molecule has 2 amide bonds. The summed E-state index contributed by atoms with van der Waals surface area (Å²) in [5, 5.41) is 6.40. The molecule has 30 heavy (non-hydrogen) atoms. The highest BCUT2D eigenvalue weighted by molar-refractivity contribution is 5.97. The van der Waals surface area contributed by atoms with Crippen LogP contribution in [0.4, 0.5) is 11.4 Å². The average molecular weight is 403 g/mol. The van der Waals surface area contributed by atoms with Crippen molar-refractivity contribution in [3.8, 4) is 0 Å². The van der Waals surface area contributed by atoms with Crippen molar-refractivity contribution in [1.29, 1.82) is 0 Å². The molecule has 0 unspecified atom stereocenters. The largest absolute Gasteiger partial charge is 0.326 e. The first-order valence-electron chi connectivity index (χ1n) is 9.53. The molecule has 0 fully saturated rings. The highest BCUT2D eigenvalue weighted by atomic mass is 16.2.